The van der Waals surface area contributed by atoms with Crippen molar-refractivity contribution >= 4 is 43.4 Å². The van der Waals surface area contributed by atoms with Gasteiger partial charge in [-0.15, -0.1) is 11.3 Å². The largest absolute Gasteiger partial charge is 0.490 e. The Labute approximate surface area is 276 Å². The highest BCUT2D eigenvalue weighted by Crippen LogP contribution is 2.47. The fourth-order valence-electron chi connectivity index (χ4n) is 5.16. The van der Waals surface area contributed by atoms with E-state index in [9.17, 15) is 4.79 Å². The molecule has 1 aliphatic rings. The summed E-state index contributed by atoms with van der Waals surface area (Å²) in [5.41, 5.74) is 1.71. The lowest BCUT2D eigenvalue weighted by molar-refractivity contribution is 0.0126. The molecule has 6 rings (SSSR count). The average molecular weight is 687 g/mol. The SMILES string of the molecule is CC(C)(C)OC(=O)N1CCC(Oc2ccc(Oc3c(-c4ccc(Br)cc4)sc4cc(OCc5ccccc5)ccc34)cc2)CC1. The minimum Gasteiger partial charge on any atom is -0.490 e. The number of amides is 1. The van der Waals surface area contributed by atoms with Crippen molar-refractivity contribution in [3.63, 3.8) is 0 Å². The van der Waals surface area contributed by atoms with Crippen molar-refractivity contribution < 1.29 is 23.7 Å². The Morgan fingerprint density at radius 2 is 1.53 bits per heavy atom. The number of ether oxygens (including phenoxy) is 4. The van der Waals surface area contributed by atoms with Gasteiger partial charge in [0, 0.05) is 40.5 Å². The maximum absolute atomic E-state index is 12.4. The number of halogens is 1. The molecule has 1 fully saturated rings. The zero-order chi connectivity index (χ0) is 31.4. The molecule has 0 bridgehead atoms. The number of hydrogen-bond acceptors (Lipinski definition) is 6. The molecule has 1 saturated heterocycles. The van der Waals surface area contributed by atoms with Gasteiger partial charge in [-0.1, -0.05) is 58.4 Å². The third kappa shape index (κ3) is 7.99. The molecule has 2 heterocycles. The smallest absolute Gasteiger partial charge is 0.410 e. The Bertz CT molecular complexity index is 1740. The molecule has 1 amide bonds. The van der Waals surface area contributed by atoms with Gasteiger partial charge in [0.2, 0.25) is 0 Å². The van der Waals surface area contributed by atoms with Crippen LogP contribution in [0.2, 0.25) is 0 Å². The van der Waals surface area contributed by atoms with Crippen LogP contribution in [-0.4, -0.2) is 35.8 Å². The molecule has 0 aliphatic carbocycles. The number of likely N-dealkylation sites (tertiary alicyclic amines) is 1. The highest BCUT2D eigenvalue weighted by atomic mass is 79.9. The number of nitrogens with zero attached hydrogens (tertiary/aromatic N) is 1. The molecule has 0 spiro atoms. The lowest BCUT2D eigenvalue weighted by Gasteiger charge is -2.33. The van der Waals surface area contributed by atoms with E-state index in [1.54, 1.807) is 16.2 Å². The van der Waals surface area contributed by atoms with Crippen molar-refractivity contribution in [2.24, 2.45) is 0 Å². The van der Waals surface area contributed by atoms with Crippen LogP contribution in [0.1, 0.15) is 39.2 Å². The minimum absolute atomic E-state index is 0.0404. The zero-order valence-corrected chi connectivity index (χ0v) is 28.0. The monoisotopic (exact) mass is 685 g/mol. The summed E-state index contributed by atoms with van der Waals surface area (Å²) in [6.07, 6.45) is 1.29. The van der Waals surface area contributed by atoms with Gasteiger partial charge in [-0.25, -0.2) is 4.79 Å². The van der Waals surface area contributed by atoms with Crippen LogP contribution in [-0.2, 0) is 11.3 Å². The second-order valence-electron chi connectivity index (χ2n) is 12.1. The van der Waals surface area contributed by atoms with E-state index in [1.165, 1.54) is 0 Å². The van der Waals surface area contributed by atoms with Crippen LogP contribution in [0.5, 0.6) is 23.0 Å². The minimum atomic E-state index is -0.498. The topological polar surface area (TPSA) is 57.2 Å². The maximum Gasteiger partial charge on any atom is 0.410 e. The summed E-state index contributed by atoms with van der Waals surface area (Å²) >= 11 is 5.24. The van der Waals surface area contributed by atoms with Gasteiger partial charge in [0.05, 0.1) is 4.88 Å². The van der Waals surface area contributed by atoms with Crippen LogP contribution in [0.3, 0.4) is 0 Å². The van der Waals surface area contributed by atoms with Crippen molar-refractivity contribution in [1.82, 2.24) is 4.90 Å². The van der Waals surface area contributed by atoms with Crippen molar-refractivity contribution in [2.45, 2.75) is 51.9 Å². The first-order valence-corrected chi connectivity index (χ1v) is 16.7. The molecule has 0 unspecified atom stereocenters. The quantitative estimate of drug-likeness (QED) is 0.163. The Kier molecular flexibility index (Phi) is 9.33. The third-order valence-electron chi connectivity index (χ3n) is 7.41. The molecule has 0 atom stereocenters. The number of rotatable bonds is 8. The highest BCUT2D eigenvalue weighted by molar-refractivity contribution is 9.10. The molecule has 45 heavy (non-hydrogen) atoms. The molecule has 0 N–H and O–H groups in total. The number of fused-ring (bicyclic) bond motifs is 1. The van der Waals surface area contributed by atoms with E-state index in [4.69, 9.17) is 18.9 Å². The summed E-state index contributed by atoms with van der Waals surface area (Å²) in [5, 5.41) is 1.03. The molecular weight excluding hydrogens is 650 g/mol. The molecule has 0 saturated carbocycles. The van der Waals surface area contributed by atoms with E-state index in [2.05, 4.69) is 52.3 Å². The van der Waals surface area contributed by atoms with Crippen molar-refractivity contribution in [2.75, 3.05) is 13.1 Å². The Morgan fingerprint density at radius 3 is 2.22 bits per heavy atom. The fourth-order valence-corrected chi connectivity index (χ4v) is 6.58. The van der Waals surface area contributed by atoms with Crippen LogP contribution in [0.4, 0.5) is 4.79 Å². The maximum atomic E-state index is 12.4. The molecular formula is C37H36BrNO5S. The van der Waals surface area contributed by atoms with Crippen LogP contribution in [0.25, 0.3) is 20.5 Å². The van der Waals surface area contributed by atoms with Crippen molar-refractivity contribution in [3.05, 3.63) is 107 Å². The van der Waals surface area contributed by atoms with Gasteiger partial charge in [0.25, 0.3) is 0 Å². The van der Waals surface area contributed by atoms with E-state index in [1.807, 2.05) is 81.4 Å². The van der Waals surface area contributed by atoms with Crippen molar-refractivity contribution in [1.29, 1.82) is 0 Å². The van der Waals surface area contributed by atoms with E-state index in [0.717, 1.165) is 66.4 Å². The normalized spacial score (nSPS) is 13.9. The lowest BCUT2D eigenvalue weighted by Crippen LogP contribution is -2.44. The molecule has 1 aromatic heterocycles. The Morgan fingerprint density at radius 1 is 0.867 bits per heavy atom. The standard InChI is InChI=1S/C37H36BrNO5S/c1-37(2,3)44-36(40)39-21-19-30(20-22-39)42-28-13-15-29(16-14-28)43-34-32-18-17-31(41-24-25-7-5-4-6-8-25)23-33(32)45-35(34)26-9-11-27(38)12-10-26/h4-18,23,30H,19-22,24H2,1-3H3. The predicted molar refractivity (Wildman–Crippen MR) is 184 cm³/mol. The van der Waals surface area contributed by atoms with Crippen LogP contribution in [0.15, 0.2) is 102 Å². The molecule has 8 heteroatoms. The summed E-state index contributed by atoms with van der Waals surface area (Å²) in [5.74, 6) is 3.14. The van der Waals surface area contributed by atoms with E-state index in [0.29, 0.717) is 19.7 Å². The van der Waals surface area contributed by atoms with E-state index < -0.39 is 5.60 Å². The third-order valence-corrected chi connectivity index (χ3v) is 9.12. The summed E-state index contributed by atoms with van der Waals surface area (Å²) in [7, 11) is 0. The van der Waals surface area contributed by atoms with Crippen LogP contribution >= 0.6 is 27.3 Å². The van der Waals surface area contributed by atoms with Gasteiger partial charge in [0.15, 0.2) is 5.75 Å². The van der Waals surface area contributed by atoms with Gasteiger partial charge in [0.1, 0.15) is 35.6 Å². The average Bonchev–Trinajstić information content (AvgIpc) is 3.38. The number of thiophene rings is 1. The molecule has 232 valence electrons. The number of benzene rings is 4. The molecule has 4 aromatic carbocycles. The second kappa shape index (κ2) is 13.5. The number of hydrogen-bond donors (Lipinski definition) is 0. The van der Waals surface area contributed by atoms with Gasteiger partial charge in [-0.05, 0) is 86.5 Å². The molecule has 0 radical (unpaired) electrons. The molecule has 1 aliphatic heterocycles. The Hall–Kier alpha value is -4.01. The molecule has 5 aromatic rings. The second-order valence-corrected chi connectivity index (χ2v) is 14.0. The highest BCUT2D eigenvalue weighted by Gasteiger charge is 2.27. The summed E-state index contributed by atoms with van der Waals surface area (Å²) < 4.78 is 26.6. The number of carbonyl (C=O) groups excluding carboxylic acids is 1. The number of carbonyl (C=O) groups is 1. The first-order chi connectivity index (χ1) is 21.7. The van der Waals surface area contributed by atoms with Crippen molar-refractivity contribution in [3.8, 4) is 33.4 Å². The van der Waals surface area contributed by atoms with Gasteiger partial charge < -0.3 is 23.8 Å². The van der Waals surface area contributed by atoms with Crippen LogP contribution in [0, 0.1) is 0 Å². The van der Waals surface area contributed by atoms with E-state index in [-0.39, 0.29) is 12.2 Å². The first kappa shape index (κ1) is 31.0. The van der Waals surface area contributed by atoms with Gasteiger partial charge in [-0.3, -0.25) is 0 Å². The lowest BCUT2D eigenvalue weighted by atomic mass is 10.1. The van der Waals surface area contributed by atoms with E-state index >= 15 is 0 Å². The van der Waals surface area contributed by atoms with Gasteiger partial charge in [-0.2, -0.15) is 0 Å². The molecule has 6 nitrogen and oxygen atoms in total. The van der Waals surface area contributed by atoms with Gasteiger partial charge >= 0.3 is 6.09 Å². The summed E-state index contributed by atoms with van der Waals surface area (Å²) in [4.78, 5) is 15.2. The fraction of sp³-hybridized carbons (Fsp3) is 0.270. The predicted octanol–water partition coefficient (Wildman–Crippen LogP) is 10.5. The van der Waals surface area contributed by atoms with Crippen LogP contribution < -0.4 is 14.2 Å². The summed E-state index contributed by atoms with van der Waals surface area (Å²) in [6.45, 7) is 7.40. The Balaban J connectivity index is 1.16. The number of piperidine rings is 1. The zero-order valence-electron chi connectivity index (χ0n) is 25.6. The first-order valence-electron chi connectivity index (χ1n) is 15.1. The summed E-state index contributed by atoms with van der Waals surface area (Å²) in [6, 6.07) is 32.4.